The summed E-state index contributed by atoms with van der Waals surface area (Å²) in [5.41, 5.74) is 1.39. The highest BCUT2D eigenvalue weighted by Gasteiger charge is 2.20. The van der Waals surface area contributed by atoms with Gasteiger partial charge in [-0.1, -0.05) is 57.2 Å². The molecule has 4 heteroatoms. The van der Waals surface area contributed by atoms with Gasteiger partial charge >= 0.3 is 0 Å². The predicted molar refractivity (Wildman–Crippen MR) is 137 cm³/mol. The molecule has 0 aliphatic rings. The Kier molecular flexibility index (Phi) is 8.24. The van der Waals surface area contributed by atoms with Gasteiger partial charge in [-0.3, -0.25) is 0 Å². The van der Waals surface area contributed by atoms with Gasteiger partial charge in [-0.05, 0) is 53.9 Å². The lowest BCUT2D eigenvalue weighted by atomic mass is 9.85. The Bertz CT molecular complexity index is 976. The molecule has 0 fully saturated rings. The second-order valence-electron chi connectivity index (χ2n) is 8.60. The van der Waals surface area contributed by atoms with Crippen LogP contribution in [0.15, 0.2) is 42.5 Å². The van der Waals surface area contributed by atoms with Gasteiger partial charge in [-0.25, -0.2) is 0 Å². The molecular formula is C26H34O2S2. The largest absolute Gasteiger partial charge is 0.492 e. The first kappa shape index (κ1) is 23.1. The van der Waals surface area contributed by atoms with Crippen molar-refractivity contribution in [2.75, 3.05) is 37.2 Å². The molecule has 0 unspecified atom stereocenters. The first-order valence-corrected chi connectivity index (χ1v) is 13.5. The van der Waals surface area contributed by atoms with Gasteiger partial charge in [0.25, 0.3) is 0 Å². The van der Waals surface area contributed by atoms with Crippen LogP contribution in [0.5, 0.6) is 11.5 Å². The van der Waals surface area contributed by atoms with E-state index in [0.717, 1.165) is 70.6 Å². The third-order valence-electron chi connectivity index (χ3n) is 5.27. The summed E-state index contributed by atoms with van der Waals surface area (Å²) in [6.45, 7) is 8.23. The van der Waals surface area contributed by atoms with Gasteiger partial charge in [0.05, 0.1) is 13.2 Å². The van der Waals surface area contributed by atoms with Crippen molar-refractivity contribution in [1.29, 1.82) is 0 Å². The van der Waals surface area contributed by atoms with E-state index in [1.54, 1.807) is 0 Å². The van der Waals surface area contributed by atoms with Crippen molar-refractivity contribution in [3.05, 3.63) is 48.0 Å². The predicted octanol–water partition coefficient (Wildman–Crippen LogP) is 7.55. The number of benzene rings is 3. The molecule has 3 aromatic carbocycles. The van der Waals surface area contributed by atoms with Crippen molar-refractivity contribution in [3.8, 4) is 11.5 Å². The third-order valence-corrected chi connectivity index (χ3v) is 6.66. The van der Waals surface area contributed by atoms with Gasteiger partial charge in [-0.15, -0.1) is 0 Å². The van der Waals surface area contributed by atoms with Gasteiger partial charge in [0.1, 0.15) is 11.5 Å². The Morgan fingerprint density at radius 2 is 1.20 bits per heavy atom. The number of thioether (sulfide) groups is 2. The van der Waals surface area contributed by atoms with Crippen LogP contribution in [0.2, 0.25) is 0 Å². The molecule has 0 heterocycles. The minimum atomic E-state index is 0.0787. The standard InChI is InChI=1S/C26H34O2S2/c1-26(2,3)19-12-13-22-23(18-19)25(28-15-9-17-30-5)21-11-7-6-10-20(21)24(22)27-14-8-16-29-4/h6-7,10-13,18H,8-9,14-17H2,1-5H3. The first-order chi connectivity index (χ1) is 14.5. The van der Waals surface area contributed by atoms with E-state index in [1.807, 2.05) is 23.5 Å². The van der Waals surface area contributed by atoms with Crippen molar-refractivity contribution >= 4 is 45.1 Å². The molecule has 162 valence electrons. The molecule has 3 rings (SSSR count). The molecular weight excluding hydrogens is 408 g/mol. The van der Waals surface area contributed by atoms with Crippen LogP contribution in [0.3, 0.4) is 0 Å². The molecule has 3 aromatic rings. The number of hydrogen-bond donors (Lipinski definition) is 0. The maximum atomic E-state index is 6.43. The van der Waals surface area contributed by atoms with Gasteiger partial charge in [0.2, 0.25) is 0 Å². The van der Waals surface area contributed by atoms with E-state index < -0.39 is 0 Å². The zero-order valence-electron chi connectivity index (χ0n) is 18.9. The lowest BCUT2D eigenvalue weighted by molar-refractivity contribution is 0.321. The minimum Gasteiger partial charge on any atom is -0.492 e. The fourth-order valence-electron chi connectivity index (χ4n) is 3.63. The molecule has 0 saturated carbocycles. The van der Waals surface area contributed by atoms with Crippen LogP contribution < -0.4 is 9.47 Å². The van der Waals surface area contributed by atoms with Gasteiger partial charge in [0, 0.05) is 21.5 Å². The number of rotatable bonds is 10. The zero-order chi connectivity index (χ0) is 21.6. The maximum Gasteiger partial charge on any atom is 0.135 e. The van der Waals surface area contributed by atoms with E-state index in [4.69, 9.17) is 9.47 Å². The summed E-state index contributed by atoms with van der Waals surface area (Å²) >= 11 is 3.73. The van der Waals surface area contributed by atoms with Crippen LogP contribution in [-0.4, -0.2) is 37.2 Å². The van der Waals surface area contributed by atoms with E-state index in [2.05, 4.69) is 75.7 Å². The van der Waals surface area contributed by atoms with Crippen LogP contribution >= 0.6 is 23.5 Å². The highest BCUT2D eigenvalue weighted by atomic mass is 32.2. The van der Waals surface area contributed by atoms with Crippen LogP contribution in [0.4, 0.5) is 0 Å². The Hall–Kier alpha value is -1.52. The monoisotopic (exact) mass is 442 g/mol. The number of ether oxygens (including phenoxy) is 2. The highest BCUT2D eigenvalue weighted by molar-refractivity contribution is 7.98. The lowest BCUT2D eigenvalue weighted by Crippen LogP contribution is -2.11. The van der Waals surface area contributed by atoms with Gasteiger partial charge in [0.15, 0.2) is 0 Å². The molecule has 0 N–H and O–H groups in total. The molecule has 0 saturated heterocycles. The summed E-state index contributed by atoms with van der Waals surface area (Å²) in [5, 5.41) is 4.58. The van der Waals surface area contributed by atoms with Crippen LogP contribution in [0.1, 0.15) is 39.2 Å². The second-order valence-corrected chi connectivity index (χ2v) is 10.6. The topological polar surface area (TPSA) is 18.5 Å². The van der Waals surface area contributed by atoms with Crippen LogP contribution in [0.25, 0.3) is 21.5 Å². The summed E-state index contributed by atoms with van der Waals surface area (Å²) in [7, 11) is 0. The molecule has 0 atom stereocenters. The van der Waals surface area contributed by atoms with Crippen molar-refractivity contribution in [2.24, 2.45) is 0 Å². The van der Waals surface area contributed by atoms with Crippen molar-refractivity contribution in [1.82, 2.24) is 0 Å². The van der Waals surface area contributed by atoms with E-state index in [-0.39, 0.29) is 5.41 Å². The van der Waals surface area contributed by atoms with E-state index in [1.165, 1.54) is 5.56 Å². The number of fused-ring (bicyclic) bond motifs is 2. The minimum absolute atomic E-state index is 0.0787. The average molecular weight is 443 g/mol. The van der Waals surface area contributed by atoms with E-state index >= 15 is 0 Å². The zero-order valence-corrected chi connectivity index (χ0v) is 20.6. The summed E-state index contributed by atoms with van der Waals surface area (Å²) in [6, 6.07) is 15.3. The summed E-state index contributed by atoms with van der Waals surface area (Å²) in [5.74, 6) is 4.20. The molecule has 0 bridgehead atoms. The van der Waals surface area contributed by atoms with Crippen LogP contribution in [-0.2, 0) is 5.41 Å². The fourth-order valence-corrected chi connectivity index (χ4v) is 4.44. The molecule has 0 aliphatic heterocycles. The van der Waals surface area contributed by atoms with Crippen LogP contribution in [0, 0.1) is 0 Å². The maximum absolute atomic E-state index is 6.43. The Labute approximate surface area is 190 Å². The lowest BCUT2D eigenvalue weighted by Gasteiger charge is -2.22. The molecule has 0 radical (unpaired) electrons. The van der Waals surface area contributed by atoms with E-state index in [9.17, 15) is 0 Å². The molecule has 30 heavy (non-hydrogen) atoms. The summed E-state index contributed by atoms with van der Waals surface area (Å²) < 4.78 is 12.8. The molecule has 0 spiro atoms. The third kappa shape index (κ3) is 5.39. The highest BCUT2D eigenvalue weighted by Crippen LogP contribution is 2.44. The average Bonchev–Trinajstić information content (AvgIpc) is 2.73. The van der Waals surface area contributed by atoms with Gasteiger partial charge in [-0.2, -0.15) is 23.5 Å². The van der Waals surface area contributed by atoms with E-state index in [0.29, 0.717) is 0 Å². The molecule has 0 aromatic heterocycles. The summed E-state index contributed by atoms with van der Waals surface area (Å²) in [4.78, 5) is 0. The Balaban J connectivity index is 2.16. The quantitative estimate of drug-likeness (QED) is 0.238. The van der Waals surface area contributed by atoms with Crippen molar-refractivity contribution in [2.45, 2.75) is 39.0 Å². The molecule has 2 nitrogen and oxygen atoms in total. The Morgan fingerprint density at radius 3 is 1.70 bits per heavy atom. The van der Waals surface area contributed by atoms with Crippen molar-refractivity contribution < 1.29 is 9.47 Å². The van der Waals surface area contributed by atoms with Gasteiger partial charge < -0.3 is 9.47 Å². The molecule has 0 aliphatic carbocycles. The molecule has 0 amide bonds. The van der Waals surface area contributed by atoms with Crippen molar-refractivity contribution in [3.63, 3.8) is 0 Å². The summed E-state index contributed by atoms with van der Waals surface area (Å²) in [6.07, 6.45) is 6.37. The normalized spacial score (nSPS) is 11.9. The fraction of sp³-hybridized carbons (Fsp3) is 0.462. The SMILES string of the molecule is CSCCCOc1c2ccccc2c(OCCCSC)c2cc(C(C)(C)C)ccc12. The Morgan fingerprint density at radius 1 is 0.700 bits per heavy atom. The smallest absolute Gasteiger partial charge is 0.135 e. The first-order valence-electron chi connectivity index (χ1n) is 10.7. The second kappa shape index (κ2) is 10.7. The number of hydrogen-bond acceptors (Lipinski definition) is 4.